The average Bonchev–Trinajstić information content (AvgIpc) is 2.58. The van der Waals surface area contributed by atoms with Crippen LogP contribution < -0.4 is 4.74 Å². The third-order valence-corrected chi connectivity index (χ3v) is 4.84. The van der Waals surface area contributed by atoms with E-state index in [-0.39, 0.29) is 19.2 Å². The second kappa shape index (κ2) is 7.92. The molecule has 3 rings (SSSR count). The summed E-state index contributed by atoms with van der Waals surface area (Å²) >= 11 is 0. The van der Waals surface area contributed by atoms with Crippen molar-refractivity contribution < 1.29 is 19.4 Å². The topological polar surface area (TPSA) is 55.8 Å². The fraction of sp³-hybridized carbons (Fsp3) is 0.409. The number of hydrogen-bond acceptors (Lipinski definition) is 4. The van der Waals surface area contributed by atoms with E-state index in [1.165, 1.54) is 16.7 Å². The van der Waals surface area contributed by atoms with Crippen LogP contribution in [0.5, 0.6) is 5.75 Å². The number of esters is 1. The summed E-state index contributed by atoms with van der Waals surface area (Å²) in [6.07, 6.45) is 0.515. The molecule has 0 aliphatic carbocycles. The maximum atomic E-state index is 11.9. The van der Waals surface area contributed by atoms with Gasteiger partial charge in [-0.25, -0.2) is 0 Å². The zero-order valence-electron chi connectivity index (χ0n) is 15.6. The maximum Gasteiger partial charge on any atom is 0.315 e. The van der Waals surface area contributed by atoms with E-state index < -0.39 is 12.0 Å². The molecule has 26 heavy (non-hydrogen) atoms. The first-order valence-electron chi connectivity index (χ1n) is 9.07. The number of ether oxygens (including phenoxy) is 2. The summed E-state index contributed by atoms with van der Waals surface area (Å²) in [5, 5.41) is 10.1. The highest BCUT2D eigenvalue weighted by atomic mass is 16.5. The molecule has 2 aromatic rings. The van der Waals surface area contributed by atoms with Crippen LogP contribution >= 0.6 is 0 Å². The molecule has 1 aliphatic heterocycles. The Hall–Kier alpha value is -2.33. The number of carbonyl (C=O) groups excluding carboxylic acids is 1. The molecule has 0 unspecified atom stereocenters. The zero-order valence-corrected chi connectivity index (χ0v) is 15.6. The summed E-state index contributed by atoms with van der Waals surface area (Å²) in [5.41, 5.74) is 5.74. The van der Waals surface area contributed by atoms with Crippen molar-refractivity contribution in [1.82, 2.24) is 0 Å². The van der Waals surface area contributed by atoms with Gasteiger partial charge in [0.2, 0.25) is 0 Å². The lowest BCUT2D eigenvalue weighted by molar-refractivity contribution is -0.162. The van der Waals surface area contributed by atoms with E-state index in [0.717, 1.165) is 23.3 Å². The third-order valence-electron chi connectivity index (χ3n) is 4.84. The van der Waals surface area contributed by atoms with Gasteiger partial charge in [-0.05, 0) is 37.5 Å². The van der Waals surface area contributed by atoms with Gasteiger partial charge >= 0.3 is 5.97 Å². The molecule has 0 bridgehead atoms. The molecule has 1 fully saturated rings. The van der Waals surface area contributed by atoms with Crippen molar-refractivity contribution in [2.45, 2.75) is 39.7 Å². The Morgan fingerprint density at radius 2 is 1.85 bits per heavy atom. The normalized spacial score (nSPS) is 19.9. The van der Waals surface area contributed by atoms with Crippen LogP contribution in [0.1, 0.15) is 34.2 Å². The fourth-order valence-corrected chi connectivity index (χ4v) is 3.40. The lowest BCUT2D eigenvalue weighted by atomic mass is 9.97. The number of aliphatic hydroxyl groups is 1. The molecule has 0 spiro atoms. The first-order chi connectivity index (χ1) is 12.4. The molecule has 0 saturated carbocycles. The number of benzene rings is 2. The molecule has 1 heterocycles. The van der Waals surface area contributed by atoms with Crippen molar-refractivity contribution in [2.75, 3.05) is 13.2 Å². The van der Waals surface area contributed by atoms with Crippen molar-refractivity contribution in [1.29, 1.82) is 0 Å². The zero-order chi connectivity index (χ0) is 18.7. The van der Waals surface area contributed by atoms with Crippen LogP contribution in [0.4, 0.5) is 0 Å². The number of aliphatic hydroxyl groups excluding tert-OH is 1. The number of carbonyl (C=O) groups is 1. The van der Waals surface area contributed by atoms with Crippen molar-refractivity contribution in [3.63, 3.8) is 0 Å². The smallest absolute Gasteiger partial charge is 0.315 e. The van der Waals surface area contributed by atoms with Gasteiger partial charge in [-0.1, -0.05) is 47.5 Å². The van der Waals surface area contributed by atoms with Gasteiger partial charge in [-0.2, -0.15) is 0 Å². The molecule has 0 amide bonds. The minimum atomic E-state index is -0.706. The molecule has 4 heteroatoms. The predicted molar refractivity (Wildman–Crippen MR) is 100 cm³/mol. The highest BCUT2D eigenvalue weighted by Gasteiger charge is 2.33. The van der Waals surface area contributed by atoms with Gasteiger partial charge < -0.3 is 14.6 Å². The Kier molecular flexibility index (Phi) is 5.62. The number of rotatable bonds is 5. The Morgan fingerprint density at radius 3 is 2.54 bits per heavy atom. The average molecular weight is 354 g/mol. The molecular weight excluding hydrogens is 328 g/mol. The van der Waals surface area contributed by atoms with Crippen LogP contribution in [0.3, 0.4) is 0 Å². The van der Waals surface area contributed by atoms with E-state index in [9.17, 15) is 9.90 Å². The summed E-state index contributed by atoms with van der Waals surface area (Å²) in [6, 6.07) is 12.7. The monoisotopic (exact) mass is 354 g/mol. The molecule has 1 aliphatic rings. The van der Waals surface area contributed by atoms with Crippen molar-refractivity contribution in [3.8, 4) is 5.75 Å². The van der Waals surface area contributed by atoms with E-state index in [1.54, 1.807) is 0 Å². The Bertz CT molecular complexity index is 779. The first kappa shape index (κ1) is 18.5. The minimum absolute atomic E-state index is 0.130. The maximum absolute atomic E-state index is 11.9. The summed E-state index contributed by atoms with van der Waals surface area (Å²) in [7, 11) is 0. The van der Waals surface area contributed by atoms with E-state index >= 15 is 0 Å². The van der Waals surface area contributed by atoms with E-state index in [4.69, 9.17) is 9.47 Å². The predicted octanol–water partition coefficient (Wildman–Crippen LogP) is 3.51. The molecule has 4 nitrogen and oxygen atoms in total. The fourth-order valence-electron chi connectivity index (χ4n) is 3.40. The highest BCUT2D eigenvalue weighted by Crippen LogP contribution is 2.29. The minimum Gasteiger partial charge on any atom is -0.492 e. The number of aryl methyl sites for hydroxylation is 3. The van der Waals surface area contributed by atoms with Gasteiger partial charge in [-0.3, -0.25) is 4.79 Å². The van der Waals surface area contributed by atoms with Gasteiger partial charge in [0.15, 0.2) is 0 Å². The Labute approximate surface area is 154 Å². The molecule has 1 saturated heterocycles. The molecule has 1 N–H and O–H groups in total. The third kappa shape index (κ3) is 4.25. The van der Waals surface area contributed by atoms with Crippen LogP contribution in [-0.2, 0) is 16.0 Å². The lowest BCUT2D eigenvalue weighted by Gasteiger charge is -2.27. The summed E-state index contributed by atoms with van der Waals surface area (Å²) in [6.45, 7) is 6.56. The van der Waals surface area contributed by atoms with Crippen molar-refractivity contribution in [2.24, 2.45) is 5.92 Å². The van der Waals surface area contributed by atoms with Crippen molar-refractivity contribution in [3.05, 3.63) is 64.2 Å². The molecule has 2 atom stereocenters. The summed E-state index contributed by atoms with van der Waals surface area (Å²) in [4.78, 5) is 11.9. The molecular formula is C22H26O4. The van der Waals surface area contributed by atoms with Crippen LogP contribution in [-0.4, -0.2) is 30.4 Å². The second-order valence-corrected chi connectivity index (χ2v) is 7.17. The van der Waals surface area contributed by atoms with Gasteiger partial charge in [0.25, 0.3) is 0 Å². The van der Waals surface area contributed by atoms with Gasteiger partial charge in [0.1, 0.15) is 18.3 Å². The van der Waals surface area contributed by atoms with E-state index in [1.807, 2.05) is 6.92 Å². The molecule has 0 radical (unpaired) electrons. The van der Waals surface area contributed by atoms with Crippen LogP contribution in [0, 0.1) is 26.7 Å². The standard InChI is InChI=1S/C22H26O4/c1-14-4-6-17(7-5-14)12-18-11-15(2)10-16(3)21(18)26-13-19-20(23)8-9-25-22(19)24/h4-7,10-11,19-20,23H,8-9,12-13H2,1-3H3/t19-,20+/m0/s1. The van der Waals surface area contributed by atoms with E-state index in [2.05, 4.69) is 50.2 Å². The van der Waals surface area contributed by atoms with Gasteiger partial charge in [0, 0.05) is 12.8 Å². The Morgan fingerprint density at radius 1 is 1.12 bits per heavy atom. The summed E-state index contributed by atoms with van der Waals surface area (Å²) in [5.74, 6) is -0.216. The second-order valence-electron chi connectivity index (χ2n) is 7.17. The first-order valence-corrected chi connectivity index (χ1v) is 9.07. The van der Waals surface area contributed by atoms with E-state index in [0.29, 0.717) is 6.42 Å². The van der Waals surface area contributed by atoms with Crippen LogP contribution in [0.15, 0.2) is 36.4 Å². The molecule has 138 valence electrons. The highest BCUT2D eigenvalue weighted by molar-refractivity contribution is 5.74. The van der Waals surface area contributed by atoms with Gasteiger partial charge in [0.05, 0.1) is 12.7 Å². The van der Waals surface area contributed by atoms with Crippen molar-refractivity contribution >= 4 is 5.97 Å². The quantitative estimate of drug-likeness (QED) is 0.835. The van der Waals surface area contributed by atoms with Gasteiger partial charge in [-0.15, -0.1) is 0 Å². The van der Waals surface area contributed by atoms with Crippen LogP contribution in [0.25, 0.3) is 0 Å². The summed E-state index contributed by atoms with van der Waals surface area (Å²) < 4.78 is 11.1. The molecule has 2 aromatic carbocycles. The largest absolute Gasteiger partial charge is 0.492 e. The number of hydrogen-bond donors (Lipinski definition) is 1. The Balaban J connectivity index is 1.81. The lowest BCUT2D eigenvalue weighted by Crippen LogP contribution is -2.40. The SMILES string of the molecule is Cc1ccc(Cc2cc(C)cc(C)c2OC[C@@H]2C(=O)OCC[C@H]2O)cc1. The number of cyclic esters (lactones) is 1. The van der Waals surface area contributed by atoms with Crippen LogP contribution in [0.2, 0.25) is 0 Å². The molecule has 0 aromatic heterocycles.